The SMILES string of the molecule is Cc1nc(CNCC(O)Cn2cc([N+](=O)[O-])cn2)no1. The first kappa shape index (κ1) is 14.1. The highest BCUT2D eigenvalue weighted by atomic mass is 16.6. The Kier molecular flexibility index (Phi) is 4.38. The van der Waals surface area contributed by atoms with Crippen LogP contribution in [0.3, 0.4) is 0 Å². The number of nitrogens with one attached hydrogen (secondary N) is 1. The summed E-state index contributed by atoms with van der Waals surface area (Å²) in [5, 5.41) is 30.7. The number of hydrogen-bond acceptors (Lipinski definition) is 8. The molecule has 10 nitrogen and oxygen atoms in total. The van der Waals surface area contributed by atoms with Crippen LogP contribution in [0.2, 0.25) is 0 Å². The van der Waals surface area contributed by atoms with Crippen molar-refractivity contribution < 1.29 is 14.6 Å². The largest absolute Gasteiger partial charge is 0.390 e. The van der Waals surface area contributed by atoms with Gasteiger partial charge in [-0.25, -0.2) is 0 Å². The number of aryl methyl sites for hydroxylation is 1. The summed E-state index contributed by atoms with van der Waals surface area (Å²) in [5.74, 6) is 0.982. The van der Waals surface area contributed by atoms with Gasteiger partial charge < -0.3 is 14.9 Å². The van der Waals surface area contributed by atoms with E-state index in [0.717, 1.165) is 6.20 Å². The average Bonchev–Trinajstić information content (AvgIpc) is 2.99. The number of nitrogens with zero attached hydrogens (tertiary/aromatic N) is 5. The second-order valence-corrected chi connectivity index (χ2v) is 4.19. The van der Waals surface area contributed by atoms with Gasteiger partial charge in [-0.15, -0.1) is 0 Å². The molecule has 0 aromatic carbocycles. The summed E-state index contributed by atoms with van der Waals surface area (Å²) < 4.78 is 6.12. The Morgan fingerprint density at radius 2 is 2.45 bits per heavy atom. The van der Waals surface area contributed by atoms with Crippen LogP contribution in [-0.4, -0.2) is 42.6 Å². The van der Waals surface area contributed by atoms with Crippen LogP contribution in [0.15, 0.2) is 16.9 Å². The quantitative estimate of drug-likeness (QED) is 0.519. The highest BCUT2D eigenvalue weighted by molar-refractivity contribution is 5.20. The maximum absolute atomic E-state index is 10.5. The second-order valence-electron chi connectivity index (χ2n) is 4.19. The van der Waals surface area contributed by atoms with Crippen LogP contribution in [0.4, 0.5) is 5.69 Å². The molecule has 1 atom stereocenters. The van der Waals surface area contributed by atoms with Gasteiger partial charge in [0.25, 0.3) is 0 Å². The van der Waals surface area contributed by atoms with Crippen molar-refractivity contribution >= 4 is 5.69 Å². The molecular formula is C10H14N6O4. The van der Waals surface area contributed by atoms with E-state index in [4.69, 9.17) is 4.52 Å². The number of aliphatic hydroxyl groups is 1. The molecule has 0 spiro atoms. The van der Waals surface area contributed by atoms with E-state index in [9.17, 15) is 15.2 Å². The van der Waals surface area contributed by atoms with Crippen LogP contribution in [0.5, 0.6) is 0 Å². The third-order valence-electron chi connectivity index (χ3n) is 2.46. The van der Waals surface area contributed by atoms with Gasteiger partial charge in [0.2, 0.25) is 5.89 Å². The smallest absolute Gasteiger partial charge is 0.306 e. The first-order valence-corrected chi connectivity index (χ1v) is 5.89. The van der Waals surface area contributed by atoms with Crippen molar-refractivity contribution in [3.05, 3.63) is 34.2 Å². The molecule has 0 fully saturated rings. The van der Waals surface area contributed by atoms with E-state index in [1.807, 2.05) is 0 Å². The van der Waals surface area contributed by atoms with Gasteiger partial charge in [0.15, 0.2) is 5.82 Å². The normalized spacial score (nSPS) is 12.5. The summed E-state index contributed by atoms with van der Waals surface area (Å²) in [6.07, 6.45) is 1.68. The van der Waals surface area contributed by atoms with E-state index in [1.165, 1.54) is 10.9 Å². The van der Waals surface area contributed by atoms with Gasteiger partial charge in [-0.3, -0.25) is 14.8 Å². The van der Waals surface area contributed by atoms with Crippen LogP contribution >= 0.6 is 0 Å². The monoisotopic (exact) mass is 282 g/mol. The van der Waals surface area contributed by atoms with Crippen molar-refractivity contribution in [2.75, 3.05) is 6.54 Å². The van der Waals surface area contributed by atoms with E-state index in [0.29, 0.717) is 18.3 Å². The van der Waals surface area contributed by atoms with E-state index in [-0.39, 0.29) is 18.8 Å². The maximum atomic E-state index is 10.5. The Hall–Kier alpha value is -2.33. The summed E-state index contributed by atoms with van der Waals surface area (Å²) in [5.41, 5.74) is -0.104. The molecule has 10 heteroatoms. The number of rotatable bonds is 7. The van der Waals surface area contributed by atoms with Gasteiger partial charge in [0.1, 0.15) is 12.4 Å². The van der Waals surface area contributed by atoms with Gasteiger partial charge in [-0.05, 0) is 0 Å². The zero-order valence-electron chi connectivity index (χ0n) is 10.8. The molecule has 20 heavy (non-hydrogen) atoms. The van der Waals surface area contributed by atoms with Crippen molar-refractivity contribution in [1.29, 1.82) is 0 Å². The average molecular weight is 282 g/mol. The van der Waals surface area contributed by atoms with Gasteiger partial charge in [-0.2, -0.15) is 10.1 Å². The Morgan fingerprint density at radius 3 is 3.05 bits per heavy atom. The molecule has 2 N–H and O–H groups in total. The lowest BCUT2D eigenvalue weighted by atomic mass is 10.3. The number of hydrogen-bond donors (Lipinski definition) is 2. The molecule has 0 aliphatic heterocycles. The van der Waals surface area contributed by atoms with E-state index in [1.54, 1.807) is 6.92 Å². The standard InChI is InChI=1S/C10H14N6O4/c1-7-13-10(14-20-7)4-11-3-9(17)6-15-5-8(2-12-15)16(18)19/h2,5,9,11,17H,3-4,6H2,1H3. The van der Waals surface area contributed by atoms with Crippen molar-refractivity contribution in [1.82, 2.24) is 25.2 Å². The number of aliphatic hydroxyl groups excluding tert-OH is 1. The summed E-state index contributed by atoms with van der Waals surface area (Å²) in [7, 11) is 0. The predicted octanol–water partition coefficient (Wildman–Crippen LogP) is -0.367. The Morgan fingerprint density at radius 1 is 1.65 bits per heavy atom. The molecule has 2 aromatic rings. The van der Waals surface area contributed by atoms with E-state index in [2.05, 4.69) is 20.6 Å². The Balaban J connectivity index is 1.74. The molecule has 0 saturated heterocycles. The minimum atomic E-state index is -0.734. The van der Waals surface area contributed by atoms with Crippen molar-refractivity contribution in [3.63, 3.8) is 0 Å². The summed E-state index contributed by atoms with van der Waals surface area (Å²) in [6.45, 7) is 2.50. The van der Waals surface area contributed by atoms with Gasteiger partial charge in [-0.1, -0.05) is 5.16 Å². The second kappa shape index (κ2) is 6.21. The van der Waals surface area contributed by atoms with Crippen LogP contribution in [-0.2, 0) is 13.1 Å². The third-order valence-corrected chi connectivity index (χ3v) is 2.46. The highest BCUT2D eigenvalue weighted by Crippen LogP contribution is 2.07. The molecular weight excluding hydrogens is 268 g/mol. The minimum Gasteiger partial charge on any atom is -0.390 e. The molecule has 1 unspecified atom stereocenters. The number of aromatic nitrogens is 4. The summed E-state index contributed by atoms with van der Waals surface area (Å²) in [4.78, 5) is 14.0. The fourth-order valence-corrected chi connectivity index (χ4v) is 1.59. The minimum absolute atomic E-state index is 0.104. The van der Waals surface area contributed by atoms with Gasteiger partial charge in [0.05, 0.1) is 24.1 Å². The first-order valence-electron chi connectivity index (χ1n) is 5.89. The fraction of sp³-hybridized carbons (Fsp3) is 0.500. The van der Waals surface area contributed by atoms with Crippen LogP contribution in [0, 0.1) is 17.0 Å². The molecule has 2 heterocycles. The van der Waals surface area contributed by atoms with Crippen molar-refractivity contribution in [3.8, 4) is 0 Å². The number of nitro groups is 1. The lowest BCUT2D eigenvalue weighted by Crippen LogP contribution is -2.30. The fourth-order valence-electron chi connectivity index (χ4n) is 1.59. The molecule has 0 radical (unpaired) electrons. The topological polar surface area (TPSA) is 132 Å². The molecule has 0 bridgehead atoms. The molecule has 0 amide bonds. The lowest BCUT2D eigenvalue weighted by Gasteiger charge is -2.10. The molecule has 0 aliphatic carbocycles. The summed E-state index contributed by atoms with van der Waals surface area (Å²) >= 11 is 0. The lowest BCUT2D eigenvalue weighted by molar-refractivity contribution is -0.385. The zero-order chi connectivity index (χ0) is 14.5. The highest BCUT2D eigenvalue weighted by Gasteiger charge is 2.12. The van der Waals surface area contributed by atoms with Gasteiger partial charge in [0, 0.05) is 13.5 Å². The van der Waals surface area contributed by atoms with Crippen LogP contribution in [0.25, 0.3) is 0 Å². The predicted molar refractivity (Wildman–Crippen MR) is 65.6 cm³/mol. The molecule has 108 valence electrons. The zero-order valence-corrected chi connectivity index (χ0v) is 10.8. The van der Waals surface area contributed by atoms with Crippen molar-refractivity contribution in [2.45, 2.75) is 26.1 Å². The van der Waals surface area contributed by atoms with Crippen LogP contribution < -0.4 is 5.32 Å². The molecule has 0 saturated carbocycles. The van der Waals surface area contributed by atoms with E-state index < -0.39 is 11.0 Å². The van der Waals surface area contributed by atoms with Gasteiger partial charge >= 0.3 is 5.69 Å². The molecule has 0 aliphatic rings. The maximum Gasteiger partial charge on any atom is 0.306 e. The Labute approximate surface area is 113 Å². The molecule has 2 rings (SSSR count). The van der Waals surface area contributed by atoms with E-state index >= 15 is 0 Å². The first-order chi connectivity index (χ1) is 9.54. The van der Waals surface area contributed by atoms with Crippen molar-refractivity contribution in [2.24, 2.45) is 0 Å². The Bertz CT molecular complexity index is 580. The molecule has 2 aromatic heterocycles. The van der Waals surface area contributed by atoms with Crippen LogP contribution in [0.1, 0.15) is 11.7 Å². The summed E-state index contributed by atoms with van der Waals surface area (Å²) in [6, 6.07) is 0. The third kappa shape index (κ3) is 3.83.